The highest BCUT2D eigenvalue weighted by molar-refractivity contribution is 8.00. The average Bonchev–Trinajstić information content (AvgIpc) is 2.90. The Bertz CT molecular complexity index is 1010. The standard InChI is InChI=1S/C22H23F4N3O2S/c1-13-7-8-29(18-5-3-4-6-19(18)32-13)20(30)11-27-17-10-15(9-16(23)14(17)2)21(31)28-12-22(24,25)26/h3-6,9-10,13,27H,7-8,11-12H2,1-2H3,(H,28,31). The lowest BCUT2D eigenvalue weighted by atomic mass is 10.1. The molecule has 0 radical (unpaired) electrons. The van der Waals surface area contributed by atoms with Crippen molar-refractivity contribution in [2.45, 2.75) is 36.6 Å². The van der Waals surface area contributed by atoms with E-state index in [9.17, 15) is 27.2 Å². The Morgan fingerprint density at radius 3 is 2.66 bits per heavy atom. The van der Waals surface area contributed by atoms with Crippen molar-refractivity contribution < 1.29 is 27.2 Å². The topological polar surface area (TPSA) is 61.4 Å². The summed E-state index contributed by atoms with van der Waals surface area (Å²) in [6.45, 7) is 2.39. The number of para-hydroxylation sites is 1. The predicted molar refractivity (Wildman–Crippen MR) is 117 cm³/mol. The van der Waals surface area contributed by atoms with Crippen LogP contribution in [0.3, 0.4) is 0 Å². The van der Waals surface area contributed by atoms with Gasteiger partial charge in [-0.25, -0.2) is 4.39 Å². The Hall–Kier alpha value is -2.75. The summed E-state index contributed by atoms with van der Waals surface area (Å²) in [5.74, 6) is -2.05. The van der Waals surface area contributed by atoms with Crippen molar-refractivity contribution in [3.8, 4) is 0 Å². The Kier molecular flexibility index (Phi) is 7.33. The molecule has 1 unspecified atom stereocenters. The minimum absolute atomic E-state index is 0.158. The number of hydrogen-bond acceptors (Lipinski definition) is 4. The zero-order chi connectivity index (χ0) is 23.5. The van der Waals surface area contributed by atoms with Crippen molar-refractivity contribution in [1.29, 1.82) is 0 Å². The van der Waals surface area contributed by atoms with Gasteiger partial charge >= 0.3 is 6.18 Å². The highest BCUT2D eigenvalue weighted by Gasteiger charge is 2.28. The number of amides is 2. The molecule has 2 aromatic carbocycles. The maximum absolute atomic E-state index is 14.3. The highest BCUT2D eigenvalue weighted by atomic mass is 32.2. The molecule has 2 N–H and O–H groups in total. The highest BCUT2D eigenvalue weighted by Crippen LogP contribution is 2.37. The number of carbonyl (C=O) groups is 2. The predicted octanol–water partition coefficient (Wildman–Crippen LogP) is 4.76. The van der Waals surface area contributed by atoms with E-state index in [0.717, 1.165) is 23.1 Å². The van der Waals surface area contributed by atoms with E-state index in [-0.39, 0.29) is 29.3 Å². The number of halogens is 4. The van der Waals surface area contributed by atoms with Gasteiger partial charge < -0.3 is 15.5 Å². The molecule has 2 aromatic rings. The molecule has 2 amide bonds. The van der Waals surface area contributed by atoms with E-state index in [2.05, 4.69) is 12.2 Å². The van der Waals surface area contributed by atoms with Gasteiger partial charge in [0.25, 0.3) is 5.91 Å². The van der Waals surface area contributed by atoms with Crippen LogP contribution in [0.1, 0.15) is 29.3 Å². The van der Waals surface area contributed by atoms with Gasteiger partial charge in [0.05, 0.1) is 12.2 Å². The van der Waals surface area contributed by atoms with Crippen LogP contribution in [0.4, 0.5) is 28.9 Å². The number of anilines is 2. The van der Waals surface area contributed by atoms with Crippen LogP contribution in [0, 0.1) is 12.7 Å². The van der Waals surface area contributed by atoms with Gasteiger partial charge in [0.2, 0.25) is 5.91 Å². The van der Waals surface area contributed by atoms with Crippen molar-refractivity contribution >= 4 is 35.0 Å². The number of rotatable bonds is 5. The molecule has 32 heavy (non-hydrogen) atoms. The van der Waals surface area contributed by atoms with Gasteiger partial charge in [-0.15, -0.1) is 11.8 Å². The molecule has 172 valence electrons. The molecular weight excluding hydrogens is 446 g/mol. The SMILES string of the molecule is Cc1c(F)cc(C(=O)NCC(F)(F)F)cc1NCC(=O)N1CCC(C)Sc2ccccc21. The van der Waals surface area contributed by atoms with Crippen LogP contribution in [0.15, 0.2) is 41.3 Å². The number of thioether (sulfide) groups is 1. The van der Waals surface area contributed by atoms with Crippen LogP contribution in [0.5, 0.6) is 0 Å². The minimum atomic E-state index is -4.58. The summed E-state index contributed by atoms with van der Waals surface area (Å²) in [4.78, 5) is 27.7. The maximum atomic E-state index is 14.3. The number of hydrogen-bond donors (Lipinski definition) is 2. The van der Waals surface area contributed by atoms with E-state index in [1.54, 1.807) is 22.0 Å². The Morgan fingerprint density at radius 2 is 1.94 bits per heavy atom. The average molecular weight is 470 g/mol. The second-order valence-corrected chi connectivity index (χ2v) is 8.99. The lowest BCUT2D eigenvalue weighted by Crippen LogP contribution is -2.37. The number of nitrogens with one attached hydrogen (secondary N) is 2. The van der Waals surface area contributed by atoms with E-state index in [4.69, 9.17) is 0 Å². The van der Waals surface area contributed by atoms with Crippen molar-refractivity contribution in [3.05, 3.63) is 53.3 Å². The molecule has 0 aromatic heterocycles. The van der Waals surface area contributed by atoms with Crippen molar-refractivity contribution in [2.24, 2.45) is 0 Å². The maximum Gasteiger partial charge on any atom is 0.405 e. The third kappa shape index (κ3) is 5.93. The second kappa shape index (κ2) is 9.81. The zero-order valence-corrected chi connectivity index (χ0v) is 18.4. The van der Waals surface area contributed by atoms with Gasteiger partial charge in [0.15, 0.2) is 0 Å². The Balaban J connectivity index is 1.74. The fourth-order valence-electron chi connectivity index (χ4n) is 3.29. The third-order valence-electron chi connectivity index (χ3n) is 5.03. The third-order valence-corrected chi connectivity index (χ3v) is 6.27. The van der Waals surface area contributed by atoms with Crippen LogP contribution in [-0.2, 0) is 4.79 Å². The molecule has 10 heteroatoms. The molecule has 3 rings (SSSR count). The largest absolute Gasteiger partial charge is 0.405 e. The number of nitrogens with zero attached hydrogens (tertiary/aromatic N) is 1. The summed E-state index contributed by atoms with van der Waals surface area (Å²) >= 11 is 1.70. The van der Waals surface area contributed by atoms with Crippen LogP contribution in [0.25, 0.3) is 0 Å². The molecule has 1 aliphatic heterocycles. The van der Waals surface area contributed by atoms with Crippen molar-refractivity contribution in [1.82, 2.24) is 5.32 Å². The van der Waals surface area contributed by atoms with Crippen molar-refractivity contribution in [3.63, 3.8) is 0 Å². The molecule has 5 nitrogen and oxygen atoms in total. The summed E-state index contributed by atoms with van der Waals surface area (Å²) in [6.07, 6.45) is -3.78. The van der Waals surface area contributed by atoms with Crippen LogP contribution in [0.2, 0.25) is 0 Å². The first-order valence-corrected chi connectivity index (χ1v) is 10.9. The Morgan fingerprint density at radius 1 is 1.22 bits per heavy atom. The number of carbonyl (C=O) groups excluding carboxylic acids is 2. The molecule has 1 atom stereocenters. The second-order valence-electron chi connectivity index (χ2n) is 7.51. The summed E-state index contributed by atoms with van der Waals surface area (Å²) in [6, 6.07) is 9.70. The smallest absolute Gasteiger partial charge is 0.376 e. The summed E-state index contributed by atoms with van der Waals surface area (Å²) in [7, 11) is 0. The van der Waals surface area contributed by atoms with Gasteiger partial charge in [-0.2, -0.15) is 13.2 Å². The fourth-order valence-corrected chi connectivity index (χ4v) is 4.40. The summed E-state index contributed by atoms with van der Waals surface area (Å²) in [5, 5.41) is 4.89. The molecule has 0 saturated heterocycles. The minimum Gasteiger partial charge on any atom is -0.376 e. The summed E-state index contributed by atoms with van der Waals surface area (Å²) < 4.78 is 51.4. The first kappa shape index (κ1) is 23.9. The van der Waals surface area contributed by atoms with Crippen molar-refractivity contribution in [2.75, 3.05) is 29.9 Å². The van der Waals surface area contributed by atoms with E-state index in [1.807, 2.05) is 24.3 Å². The molecule has 0 fully saturated rings. The van der Waals surface area contributed by atoms with E-state index in [1.165, 1.54) is 13.0 Å². The van der Waals surface area contributed by atoms with E-state index < -0.39 is 24.4 Å². The molecule has 0 bridgehead atoms. The number of alkyl halides is 3. The van der Waals surface area contributed by atoms with Gasteiger partial charge in [-0.05, 0) is 37.6 Å². The fraction of sp³-hybridized carbons (Fsp3) is 0.364. The van der Waals surface area contributed by atoms with Crippen LogP contribution in [-0.4, -0.2) is 42.9 Å². The lowest BCUT2D eigenvalue weighted by molar-refractivity contribution is -0.123. The first-order valence-electron chi connectivity index (χ1n) is 10.00. The quantitative estimate of drug-likeness (QED) is 0.621. The van der Waals surface area contributed by atoms with Gasteiger partial charge in [-0.3, -0.25) is 9.59 Å². The van der Waals surface area contributed by atoms with Gasteiger partial charge in [0, 0.05) is 33.5 Å². The Labute approximate surface area is 187 Å². The van der Waals surface area contributed by atoms with Crippen LogP contribution < -0.4 is 15.5 Å². The first-order chi connectivity index (χ1) is 15.0. The molecule has 0 aliphatic carbocycles. The van der Waals surface area contributed by atoms with Crippen LogP contribution >= 0.6 is 11.8 Å². The molecule has 0 saturated carbocycles. The van der Waals surface area contributed by atoms with E-state index in [0.29, 0.717) is 11.8 Å². The van der Waals surface area contributed by atoms with Gasteiger partial charge in [0.1, 0.15) is 12.4 Å². The lowest BCUT2D eigenvalue weighted by Gasteiger charge is -2.23. The molecular formula is C22H23F4N3O2S. The number of benzene rings is 2. The van der Waals surface area contributed by atoms with Gasteiger partial charge in [-0.1, -0.05) is 19.1 Å². The van der Waals surface area contributed by atoms with E-state index >= 15 is 0 Å². The molecule has 1 heterocycles. The summed E-state index contributed by atoms with van der Waals surface area (Å²) in [5.41, 5.74) is 0.862. The normalized spacial score (nSPS) is 16.2. The molecule has 1 aliphatic rings. The molecule has 0 spiro atoms. The number of fused-ring (bicyclic) bond motifs is 1. The zero-order valence-electron chi connectivity index (χ0n) is 17.6. The monoisotopic (exact) mass is 469 g/mol.